The lowest BCUT2D eigenvalue weighted by Crippen LogP contribution is -2.03. The molecule has 0 aliphatic carbocycles. The Morgan fingerprint density at radius 1 is 1.29 bits per heavy atom. The molecule has 0 unspecified atom stereocenters. The van der Waals surface area contributed by atoms with Gasteiger partial charge in [0.25, 0.3) is 0 Å². The fourth-order valence-corrected chi connectivity index (χ4v) is 2.32. The quantitative estimate of drug-likeness (QED) is 0.904. The van der Waals surface area contributed by atoms with E-state index in [4.69, 9.17) is 23.2 Å². The van der Waals surface area contributed by atoms with Gasteiger partial charge in [-0.05, 0) is 6.07 Å². The van der Waals surface area contributed by atoms with Crippen molar-refractivity contribution in [2.45, 2.75) is 6.54 Å². The van der Waals surface area contributed by atoms with Gasteiger partial charge < -0.3 is 10.6 Å². The molecule has 0 amide bonds. The monoisotopic (exact) mass is 288 g/mol. The Balaban J connectivity index is 2.15. The Kier molecular flexibility index (Phi) is 4.04. The molecule has 0 bridgehead atoms. The zero-order valence-corrected chi connectivity index (χ0v) is 11.3. The second kappa shape index (κ2) is 5.53. The third kappa shape index (κ3) is 3.00. The number of thiazole rings is 1. The number of pyridine rings is 1. The summed E-state index contributed by atoms with van der Waals surface area (Å²) in [5, 5.41) is 7.05. The van der Waals surface area contributed by atoms with Crippen molar-refractivity contribution in [2.24, 2.45) is 0 Å². The van der Waals surface area contributed by atoms with Gasteiger partial charge in [0, 0.05) is 18.1 Å². The van der Waals surface area contributed by atoms with Crippen molar-refractivity contribution in [3.63, 3.8) is 0 Å². The molecule has 17 heavy (non-hydrogen) atoms. The fourth-order valence-electron chi connectivity index (χ4n) is 1.27. The van der Waals surface area contributed by atoms with Gasteiger partial charge in [0.15, 0.2) is 0 Å². The molecule has 2 rings (SSSR count). The van der Waals surface area contributed by atoms with Crippen LogP contribution in [0.4, 0.5) is 11.6 Å². The molecule has 2 aromatic heterocycles. The molecule has 4 nitrogen and oxygen atoms in total. The fraction of sp³-hybridized carbons (Fsp3) is 0.200. The molecule has 90 valence electrons. The van der Waals surface area contributed by atoms with Crippen molar-refractivity contribution < 1.29 is 0 Å². The van der Waals surface area contributed by atoms with Gasteiger partial charge in [-0.15, -0.1) is 11.3 Å². The molecule has 0 aliphatic rings. The molecular weight excluding hydrogens is 279 g/mol. The molecule has 7 heteroatoms. The minimum atomic E-state index is 0.499. The van der Waals surface area contributed by atoms with Gasteiger partial charge >= 0.3 is 0 Å². The van der Waals surface area contributed by atoms with E-state index in [1.54, 1.807) is 36.2 Å². The standard InChI is InChI=1S/C10H10Cl2N4S/c1-13-9-7(11)2-8(12)10(16-9)15-4-6-3-14-5-17-6/h2-3,5H,4H2,1H3,(H2,13,15,16). The second-order valence-corrected chi connectivity index (χ2v) is 5.01. The Morgan fingerprint density at radius 2 is 2.06 bits per heavy atom. The minimum Gasteiger partial charge on any atom is -0.372 e. The van der Waals surface area contributed by atoms with Gasteiger partial charge in [-0.1, -0.05) is 23.2 Å². The molecule has 0 fully saturated rings. The van der Waals surface area contributed by atoms with E-state index in [0.29, 0.717) is 28.2 Å². The summed E-state index contributed by atoms with van der Waals surface area (Å²) in [6.45, 7) is 0.641. The summed E-state index contributed by atoms with van der Waals surface area (Å²) in [4.78, 5) is 9.40. The van der Waals surface area contributed by atoms with Crippen LogP contribution in [0.2, 0.25) is 10.0 Å². The summed E-state index contributed by atoms with van der Waals surface area (Å²) in [6, 6.07) is 1.66. The van der Waals surface area contributed by atoms with E-state index in [0.717, 1.165) is 4.88 Å². The molecule has 0 aliphatic heterocycles. The van der Waals surface area contributed by atoms with Crippen LogP contribution in [0, 0.1) is 0 Å². The molecular formula is C10H10Cl2N4S. The number of aromatic nitrogens is 2. The van der Waals surface area contributed by atoms with E-state index in [2.05, 4.69) is 20.6 Å². The smallest absolute Gasteiger partial charge is 0.147 e. The first-order chi connectivity index (χ1) is 8.20. The van der Waals surface area contributed by atoms with Crippen molar-refractivity contribution in [3.05, 3.63) is 32.7 Å². The van der Waals surface area contributed by atoms with Crippen LogP contribution in [0.1, 0.15) is 4.88 Å². The third-order valence-corrected chi connectivity index (χ3v) is 3.44. The molecule has 2 heterocycles. The SMILES string of the molecule is CNc1nc(NCc2cncs2)c(Cl)cc1Cl. The zero-order chi connectivity index (χ0) is 12.3. The molecule has 2 aromatic rings. The number of nitrogens with one attached hydrogen (secondary N) is 2. The first-order valence-electron chi connectivity index (χ1n) is 4.85. The highest BCUT2D eigenvalue weighted by Crippen LogP contribution is 2.29. The summed E-state index contributed by atoms with van der Waals surface area (Å²) in [5.74, 6) is 1.21. The van der Waals surface area contributed by atoms with Gasteiger partial charge in [-0.3, -0.25) is 4.98 Å². The zero-order valence-electron chi connectivity index (χ0n) is 9.00. The van der Waals surface area contributed by atoms with Crippen LogP contribution in [0.25, 0.3) is 0 Å². The van der Waals surface area contributed by atoms with E-state index in [-0.39, 0.29) is 0 Å². The molecule has 0 radical (unpaired) electrons. The highest BCUT2D eigenvalue weighted by molar-refractivity contribution is 7.09. The molecule has 2 N–H and O–H groups in total. The number of hydrogen-bond acceptors (Lipinski definition) is 5. The number of halogens is 2. The summed E-state index contributed by atoms with van der Waals surface area (Å²) >= 11 is 13.6. The second-order valence-electron chi connectivity index (χ2n) is 3.22. The summed E-state index contributed by atoms with van der Waals surface area (Å²) < 4.78 is 0. The average molecular weight is 289 g/mol. The van der Waals surface area contributed by atoms with Gasteiger partial charge in [-0.25, -0.2) is 4.98 Å². The predicted molar refractivity (Wildman–Crippen MR) is 73.2 cm³/mol. The van der Waals surface area contributed by atoms with Gasteiger partial charge in [0.1, 0.15) is 11.6 Å². The lowest BCUT2D eigenvalue weighted by molar-refractivity contribution is 1.13. The van der Waals surface area contributed by atoms with Gasteiger partial charge in [-0.2, -0.15) is 0 Å². The Bertz CT molecular complexity index is 501. The normalized spacial score (nSPS) is 10.3. The highest BCUT2D eigenvalue weighted by atomic mass is 35.5. The first-order valence-corrected chi connectivity index (χ1v) is 6.49. The maximum Gasteiger partial charge on any atom is 0.147 e. The van der Waals surface area contributed by atoms with Crippen LogP contribution in [-0.2, 0) is 6.54 Å². The third-order valence-electron chi connectivity index (χ3n) is 2.08. The van der Waals surface area contributed by atoms with Crippen LogP contribution in [0.15, 0.2) is 17.8 Å². The van der Waals surface area contributed by atoms with Gasteiger partial charge in [0.05, 0.1) is 22.1 Å². The van der Waals surface area contributed by atoms with Crippen molar-refractivity contribution in [1.82, 2.24) is 9.97 Å². The van der Waals surface area contributed by atoms with Crippen molar-refractivity contribution in [3.8, 4) is 0 Å². The number of hydrogen-bond donors (Lipinski definition) is 2. The lowest BCUT2D eigenvalue weighted by atomic mass is 10.4. The van der Waals surface area contributed by atoms with E-state index in [1.165, 1.54) is 0 Å². The Morgan fingerprint density at radius 3 is 2.71 bits per heavy atom. The van der Waals surface area contributed by atoms with Crippen molar-refractivity contribution in [2.75, 3.05) is 17.7 Å². The minimum absolute atomic E-state index is 0.499. The highest BCUT2D eigenvalue weighted by Gasteiger charge is 2.08. The number of anilines is 2. The van der Waals surface area contributed by atoms with E-state index < -0.39 is 0 Å². The van der Waals surface area contributed by atoms with Crippen molar-refractivity contribution >= 4 is 46.2 Å². The average Bonchev–Trinajstić information content (AvgIpc) is 2.81. The maximum atomic E-state index is 6.05. The molecule has 0 spiro atoms. The van der Waals surface area contributed by atoms with Crippen molar-refractivity contribution in [1.29, 1.82) is 0 Å². The Hall–Kier alpha value is -1.04. The largest absolute Gasteiger partial charge is 0.372 e. The summed E-state index contributed by atoms with van der Waals surface area (Å²) in [6.07, 6.45) is 1.81. The molecule has 0 aromatic carbocycles. The van der Waals surface area contributed by atoms with E-state index >= 15 is 0 Å². The summed E-state index contributed by atoms with van der Waals surface area (Å²) in [7, 11) is 1.76. The van der Waals surface area contributed by atoms with Crippen LogP contribution in [0.3, 0.4) is 0 Å². The number of nitrogens with zero attached hydrogens (tertiary/aromatic N) is 2. The van der Waals surface area contributed by atoms with Crippen LogP contribution in [-0.4, -0.2) is 17.0 Å². The Labute approximate surface area is 113 Å². The van der Waals surface area contributed by atoms with Crippen LogP contribution in [0.5, 0.6) is 0 Å². The van der Waals surface area contributed by atoms with Crippen LogP contribution < -0.4 is 10.6 Å². The predicted octanol–water partition coefficient (Wildman–Crippen LogP) is 3.50. The molecule has 0 saturated carbocycles. The summed E-state index contributed by atoms with van der Waals surface area (Å²) in [5.41, 5.74) is 1.78. The lowest BCUT2D eigenvalue weighted by Gasteiger charge is -2.09. The first kappa shape index (κ1) is 12.4. The molecule has 0 atom stereocenters. The topological polar surface area (TPSA) is 49.8 Å². The number of rotatable bonds is 4. The van der Waals surface area contributed by atoms with E-state index in [9.17, 15) is 0 Å². The molecule has 0 saturated heterocycles. The maximum absolute atomic E-state index is 6.05. The van der Waals surface area contributed by atoms with Crippen LogP contribution >= 0.6 is 34.5 Å². The van der Waals surface area contributed by atoms with E-state index in [1.807, 2.05) is 0 Å². The van der Waals surface area contributed by atoms with Gasteiger partial charge in [0.2, 0.25) is 0 Å².